The lowest BCUT2D eigenvalue weighted by molar-refractivity contribution is 0.0993. The van der Waals surface area contributed by atoms with Crippen molar-refractivity contribution in [3.63, 3.8) is 0 Å². The maximum atomic E-state index is 13.0. The summed E-state index contributed by atoms with van der Waals surface area (Å²) >= 11 is 1.47. The van der Waals surface area contributed by atoms with Crippen LogP contribution in [0.25, 0.3) is 11.4 Å². The highest BCUT2D eigenvalue weighted by molar-refractivity contribution is 8.00. The Bertz CT molecular complexity index is 977. The normalized spacial score (nSPS) is 12.2. The summed E-state index contributed by atoms with van der Waals surface area (Å²) in [5.74, 6) is 0.980. The minimum atomic E-state index is -0.232. The maximum Gasteiger partial charge on any atom is 0.192 e. The number of aryl methyl sites for hydroxylation is 3. The van der Waals surface area contributed by atoms with E-state index in [4.69, 9.17) is 0 Å². The fraction of sp³-hybridized carbons (Fsp3) is 0.318. The average molecular weight is 380 g/mol. The highest BCUT2D eigenvalue weighted by Gasteiger charge is 2.22. The van der Waals surface area contributed by atoms with Crippen LogP contribution in [0.5, 0.6) is 0 Å². The lowest BCUT2D eigenvalue weighted by atomic mass is 10.0. The summed E-state index contributed by atoms with van der Waals surface area (Å²) < 4.78 is 2.08. The highest BCUT2D eigenvalue weighted by atomic mass is 32.2. The van der Waals surface area contributed by atoms with Crippen LogP contribution >= 0.6 is 11.8 Å². The van der Waals surface area contributed by atoms with Gasteiger partial charge in [0.2, 0.25) is 0 Å². The molecule has 0 saturated carbocycles. The van der Waals surface area contributed by atoms with Crippen LogP contribution in [0.15, 0.2) is 47.6 Å². The van der Waals surface area contributed by atoms with Gasteiger partial charge >= 0.3 is 0 Å². The molecular formula is C22H25N3OS. The molecule has 0 spiro atoms. The lowest BCUT2D eigenvalue weighted by Crippen LogP contribution is -2.16. The zero-order chi connectivity index (χ0) is 19.6. The summed E-state index contributed by atoms with van der Waals surface area (Å²) in [4.78, 5) is 13.0. The van der Waals surface area contributed by atoms with Crippen molar-refractivity contribution in [3.05, 3.63) is 64.7 Å². The molecule has 0 unspecified atom stereocenters. The molecule has 4 nitrogen and oxygen atoms in total. The minimum absolute atomic E-state index is 0.129. The van der Waals surface area contributed by atoms with Crippen LogP contribution in [0, 0.1) is 20.8 Å². The molecule has 2 aromatic carbocycles. The van der Waals surface area contributed by atoms with Crippen molar-refractivity contribution in [1.82, 2.24) is 14.8 Å². The fourth-order valence-electron chi connectivity index (χ4n) is 3.12. The second kappa shape index (κ2) is 8.09. The van der Waals surface area contributed by atoms with Crippen LogP contribution in [0.2, 0.25) is 0 Å². The van der Waals surface area contributed by atoms with E-state index in [0.717, 1.165) is 45.3 Å². The molecule has 0 N–H and O–H groups in total. The molecule has 3 aromatic rings. The number of hydrogen-bond acceptors (Lipinski definition) is 4. The van der Waals surface area contributed by atoms with E-state index in [1.165, 1.54) is 11.8 Å². The summed E-state index contributed by atoms with van der Waals surface area (Å²) in [5.41, 5.74) is 5.13. The van der Waals surface area contributed by atoms with Crippen LogP contribution in [0.4, 0.5) is 0 Å². The highest BCUT2D eigenvalue weighted by Crippen LogP contribution is 2.30. The molecule has 0 saturated heterocycles. The third kappa shape index (κ3) is 3.98. The van der Waals surface area contributed by atoms with Crippen molar-refractivity contribution in [2.24, 2.45) is 0 Å². The topological polar surface area (TPSA) is 47.8 Å². The number of ketones is 1. The number of benzene rings is 2. The van der Waals surface area contributed by atoms with Gasteiger partial charge in [0.1, 0.15) is 0 Å². The monoisotopic (exact) mass is 379 g/mol. The second-order valence-corrected chi connectivity index (χ2v) is 8.12. The van der Waals surface area contributed by atoms with Gasteiger partial charge in [-0.2, -0.15) is 0 Å². The third-order valence-electron chi connectivity index (χ3n) is 4.73. The van der Waals surface area contributed by atoms with Gasteiger partial charge < -0.3 is 4.57 Å². The largest absolute Gasteiger partial charge is 0.302 e. The van der Waals surface area contributed by atoms with Crippen molar-refractivity contribution in [2.75, 3.05) is 0 Å². The first kappa shape index (κ1) is 19.4. The number of hydrogen-bond donors (Lipinski definition) is 0. The van der Waals surface area contributed by atoms with Gasteiger partial charge in [-0.25, -0.2) is 0 Å². The first-order chi connectivity index (χ1) is 12.9. The standard InChI is InChI=1S/C22H25N3OS/c1-6-25-21(18-10-8-7-9-15(18)3)23-24-22(25)27-17(5)20(26)19-13-14(2)11-12-16(19)4/h7-13,17H,6H2,1-5H3/t17-/m0/s1. The number of Topliss-reactive ketones (excluding diaryl/α,β-unsaturated/α-hetero) is 1. The quantitative estimate of drug-likeness (QED) is 0.433. The van der Waals surface area contributed by atoms with Gasteiger partial charge in [0.05, 0.1) is 5.25 Å². The predicted octanol–water partition coefficient (Wildman–Crippen LogP) is 5.25. The van der Waals surface area contributed by atoms with Crippen molar-refractivity contribution < 1.29 is 4.79 Å². The van der Waals surface area contributed by atoms with E-state index in [9.17, 15) is 4.79 Å². The molecule has 0 aliphatic heterocycles. The van der Waals surface area contributed by atoms with Crippen LogP contribution < -0.4 is 0 Å². The Hall–Kier alpha value is -2.40. The van der Waals surface area contributed by atoms with Crippen LogP contribution in [-0.4, -0.2) is 25.8 Å². The number of nitrogens with zero attached hydrogens (tertiary/aromatic N) is 3. The molecule has 0 amide bonds. The van der Waals surface area contributed by atoms with Crippen molar-refractivity contribution in [1.29, 1.82) is 0 Å². The van der Waals surface area contributed by atoms with Crippen LogP contribution in [0.3, 0.4) is 0 Å². The first-order valence-corrected chi connectivity index (χ1v) is 10.1. The molecule has 1 atom stereocenters. The average Bonchev–Trinajstić information content (AvgIpc) is 3.05. The molecule has 0 fully saturated rings. The Morgan fingerprint density at radius 2 is 1.81 bits per heavy atom. The number of thioether (sulfide) groups is 1. The second-order valence-electron chi connectivity index (χ2n) is 6.81. The Balaban J connectivity index is 1.89. The molecule has 0 aliphatic carbocycles. The van der Waals surface area contributed by atoms with E-state index in [0.29, 0.717) is 0 Å². The number of rotatable bonds is 6. The van der Waals surface area contributed by atoms with Gasteiger partial charge in [-0.3, -0.25) is 4.79 Å². The molecule has 27 heavy (non-hydrogen) atoms. The molecule has 140 valence electrons. The molecule has 0 aliphatic rings. The van der Waals surface area contributed by atoms with E-state index in [1.54, 1.807) is 0 Å². The smallest absolute Gasteiger partial charge is 0.192 e. The summed E-state index contributed by atoms with van der Waals surface area (Å²) in [6.07, 6.45) is 0. The lowest BCUT2D eigenvalue weighted by Gasteiger charge is -2.14. The van der Waals surface area contributed by atoms with Crippen LogP contribution in [-0.2, 0) is 6.54 Å². The Kier molecular flexibility index (Phi) is 5.80. The number of aromatic nitrogens is 3. The van der Waals surface area contributed by atoms with Crippen LogP contribution in [0.1, 0.15) is 40.9 Å². The first-order valence-electron chi connectivity index (χ1n) is 9.19. The zero-order valence-corrected chi connectivity index (χ0v) is 17.3. The number of carbonyl (C=O) groups is 1. The Morgan fingerprint density at radius 1 is 1.07 bits per heavy atom. The number of carbonyl (C=O) groups excluding carboxylic acids is 1. The third-order valence-corrected chi connectivity index (χ3v) is 5.81. The van der Waals surface area contributed by atoms with Gasteiger partial charge in [-0.05, 0) is 51.8 Å². The molecule has 3 rings (SSSR count). The Labute approximate surface area is 165 Å². The van der Waals surface area contributed by atoms with Gasteiger partial charge in [0, 0.05) is 17.7 Å². The summed E-state index contributed by atoms with van der Waals surface area (Å²) in [6, 6.07) is 14.2. The molecule has 0 radical (unpaired) electrons. The van der Waals surface area contributed by atoms with Crippen molar-refractivity contribution in [3.8, 4) is 11.4 Å². The SMILES string of the molecule is CCn1c(S[C@@H](C)C(=O)c2cc(C)ccc2C)nnc1-c1ccccc1C. The van der Waals surface area contributed by atoms with E-state index in [1.807, 2.05) is 51.1 Å². The predicted molar refractivity (Wildman–Crippen MR) is 111 cm³/mol. The van der Waals surface area contributed by atoms with Gasteiger partial charge in [-0.1, -0.05) is 53.7 Å². The fourth-order valence-corrected chi connectivity index (χ4v) is 4.10. The van der Waals surface area contributed by atoms with Crippen molar-refractivity contribution >= 4 is 17.5 Å². The molecule has 1 aromatic heterocycles. The molecule has 1 heterocycles. The van der Waals surface area contributed by atoms with E-state index >= 15 is 0 Å². The van der Waals surface area contributed by atoms with E-state index in [2.05, 4.69) is 40.7 Å². The van der Waals surface area contributed by atoms with E-state index in [-0.39, 0.29) is 11.0 Å². The van der Waals surface area contributed by atoms with Gasteiger partial charge in [0.25, 0.3) is 0 Å². The summed E-state index contributed by atoms with van der Waals surface area (Å²) in [6.45, 7) is 10.8. The Morgan fingerprint density at radius 3 is 2.52 bits per heavy atom. The molecule has 5 heteroatoms. The molecular weight excluding hydrogens is 354 g/mol. The van der Waals surface area contributed by atoms with Gasteiger partial charge in [0.15, 0.2) is 16.8 Å². The summed E-state index contributed by atoms with van der Waals surface area (Å²) in [5, 5.41) is 9.35. The summed E-state index contributed by atoms with van der Waals surface area (Å²) in [7, 11) is 0. The zero-order valence-electron chi connectivity index (χ0n) is 16.5. The van der Waals surface area contributed by atoms with Gasteiger partial charge in [-0.15, -0.1) is 10.2 Å². The van der Waals surface area contributed by atoms with Crippen molar-refractivity contribution in [2.45, 2.75) is 51.6 Å². The van der Waals surface area contributed by atoms with E-state index < -0.39 is 0 Å². The maximum absolute atomic E-state index is 13.0. The molecule has 0 bridgehead atoms. The minimum Gasteiger partial charge on any atom is -0.302 e.